The molecule has 1 rings (SSSR count). The second kappa shape index (κ2) is 6.55. The summed E-state index contributed by atoms with van der Waals surface area (Å²) in [5.41, 5.74) is 1.49. The number of Topliss-reactive ketones (excluding diaryl/α,β-unsaturated/α-hetero) is 1. The highest BCUT2D eigenvalue weighted by Crippen LogP contribution is 2.08. The summed E-state index contributed by atoms with van der Waals surface area (Å²) in [6.07, 6.45) is 0.137. The van der Waals surface area contributed by atoms with Gasteiger partial charge in [0.1, 0.15) is 0 Å². The molecule has 3 nitrogen and oxygen atoms in total. The van der Waals surface area contributed by atoms with E-state index in [1.54, 1.807) is 24.3 Å². The van der Waals surface area contributed by atoms with Crippen molar-refractivity contribution < 1.29 is 14.3 Å². The third kappa shape index (κ3) is 4.69. The maximum Gasteiger partial charge on any atom is 0.310 e. The van der Waals surface area contributed by atoms with Crippen LogP contribution in [-0.2, 0) is 16.0 Å². The Morgan fingerprint density at radius 1 is 1.24 bits per heavy atom. The summed E-state index contributed by atoms with van der Waals surface area (Å²) >= 11 is 3.11. The number of hydrogen-bond donors (Lipinski definition) is 0. The van der Waals surface area contributed by atoms with Crippen molar-refractivity contribution in [3.05, 3.63) is 35.4 Å². The number of rotatable bonds is 5. The van der Waals surface area contributed by atoms with E-state index in [9.17, 15) is 9.59 Å². The first kappa shape index (κ1) is 13.9. The van der Waals surface area contributed by atoms with E-state index in [1.807, 2.05) is 13.8 Å². The molecule has 17 heavy (non-hydrogen) atoms. The van der Waals surface area contributed by atoms with Gasteiger partial charge in [-0.25, -0.2) is 0 Å². The Balaban J connectivity index is 2.62. The monoisotopic (exact) mass is 298 g/mol. The van der Waals surface area contributed by atoms with Gasteiger partial charge in [-0.2, -0.15) is 0 Å². The van der Waals surface area contributed by atoms with E-state index in [0.717, 1.165) is 5.56 Å². The van der Waals surface area contributed by atoms with Gasteiger partial charge in [0, 0.05) is 5.56 Å². The molecule has 0 bridgehead atoms. The highest BCUT2D eigenvalue weighted by Gasteiger charge is 2.08. The third-order valence-corrected chi connectivity index (χ3v) is 2.62. The number of ether oxygens (including phenoxy) is 1. The molecule has 0 aromatic heterocycles. The maximum absolute atomic E-state index is 11.4. The first-order valence-electron chi connectivity index (χ1n) is 5.40. The van der Waals surface area contributed by atoms with E-state index in [4.69, 9.17) is 4.74 Å². The minimum Gasteiger partial charge on any atom is -0.463 e. The van der Waals surface area contributed by atoms with Crippen molar-refractivity contribution in [3.63, 3.8) is 0 Å². The molecule has 0 aliphatic heterocycles. The highest BCUT2D eigenvalue weighted by molar-refractivity contribution is 9.09. The van der Waals surface area contributed by atoms with Gasteiger partial charge >= 0.3 is 5.97 Å². The Kier molecular flexibility index (Phi) is 5.35. The molecular weight excluding hydrogens is 284 g/mol. The van der Waals surface area contributed by atoms with Crippen molar-refractivity contribution in [2.75, 3.05) is 5.33 Å². The molecule has 0 amide bonds. The van der Waals surface area contributed by atoms with Gasteiger partial charge in [0.2, 0.25) is 0 Å². The summed E-state index contributed by atoms with van der Waals surface area (Å²) in [5, 5.41) is 0.307. The first-order valence-corrected chi connectivity index (χ1v) is 6.52. The smallest absolute Gasteiger partial charge is 0.310 e. The van der Waals surface area contributed by atoms with E-state index in [-0.39, 0.29) is 24.3 Å². The molecule has 92 valence electrons. The number of carbonyl (C=O) groups is 2. The zero-order valence-corrected chi connectivity index (χ0v) is 11.5. The van der Waals surface area contributed by atoms with Gasteiger partial charge in [0.05, 0.1) is 17.9 Å². The lowest BCUT2D eigenvalue weighted by Gasteiger charge is -2.07. The zero-order valence-electron chi connectivity index (χ0n) is 9.90. The van der Waals surface area contributed by atoms with Crippen LogP contribution in [-0.4, -0.2) is 23.2 Å². The molecule has 4 heteroatoms. The molecule has 0 aliphatic carbocycles. The standard InChI is InChI=1S/C13H15BrO3/c1-9(2)17-13(16)7-10-3-5-11(6-4-10)12(15)8-14/h3-6,9H,7-8H2,1-2H3. The Morgan fingerprint density at radius 3 is 2.29 bits per heavy atom. The molecule has 1 aromatic rings. The minimum absolute atomic E-state index is 0.0290. The van der Waals surface area contributed by atoms with Crippen molar-refractivity contribution >= 4 is 27.7 Å². The molecule has 1 aromatic carbocycles. The lowest BCUT2D eigenvalue weighted by Crippen LogP contribution is -2.13. The van der Waals surface area contributed by atoms with Gasteiger partial charge in [-0.05, 0) is 19.4 Å². The number of halogens is 1. The van der Waals surface area contributed by atoms with Crippen LogP contribution in [0.5, 0.6) is 0 Å². The lowest BCUT2D eigenvalue weighted by molar-refractivity contribution is -0.146. The Labute approximate surface area is 109 Å². The molecule has 0 N–H and O–H groups in total. The van der Waals surface area contributed by atoms with Crippen LogP contribution in [0.25, 0.3) is 0 Å². The summed E-state index contributed by atoms with van der Waals surface area (Å²) in [7, 11) is 0. The molecule has 0 aliphatic rings. The molecule has 0 atom stereocenters. The molecular formula is C13H15BrO3. The van der Waals surface area contributed by atoms with Crippen LogP contribution in [0.3, 0.4) is 0 Å². The average molecular weight is 299 g/mol. The summed E-state index contributed by atoms with van der Waals surface area (Å²) in [6.45, 7) is 3.63. The second-order valence-corrected chi connectivity index (χ2v) is 4.53. The second-order valence-electron chi connectivity index (χ2n) is 3.97. The van der Waals surface area contributed by atoms with Crippen LogP contribution >= 0.6 is 15.9 Å². The number of carbonyl (C=O) groups excluding carboxylic acids is 2. The molecule has 0 spiro atoms. The van der Waals surface area contributed by atoms with Crippen molar-refractivity contribution in [1.29, 1.82) is 0 Å². The number of esters is 1. The summed E-state index contributed by atoms with van der Waals surface area (Å²) in [5.74, 6) is -0.221. The molecule has 0 saturated carbocycles. The fourth-order valence-corrected chi connectivity index (χ4v) is 1.68. The average Bonchev–Trinajstić information content (AvgIpc) is 2.28. The molecule has 0 saturated heterocycles. The predicted octanol–water partition coefficient (Wildman–Crippen LogP) is 2.76. The Bertz CT molecular complexity index is 396. The molecule has 0 heterocycles. The molecule has 0 unspecified atom stereocenters. The van der Waals surface area contributed by atoms with E-state index in [1.165, 1.54) is 0 Å². The SMILES string of the molecule is CC(C)OC(=O)Cc1ccc(C(=O)CBr)cc1. The maximum atomic E-state index is 11.4. The number of alkyl halides is 1. The van der Waals surface area contributed by atoms with Crippen LogP contribution in [0.2, 0.25) is 0 Å². The van der Waals surface area contributed by atoms with Crippen molar-refractivity contribution in [2.24, 2.45) is 0 Å². The van der Waals surface area contributed by atoms with Crippen LogP contribution in [0.15, 0.2) is 24.3 Å². The van der Waals surface area contributed by atoms with Crippen LogP contribution < -0.4 is 0 Å². The van der Waals surface area contributed by atoms with E-state index >= 15 is 0 Å². The topological polar surface area (TPSA) is 43.4 Å². The van der Waals surface area contributed by atoms with Crippen LogP contribution in [0, 0.1) is 0 Å². The number of hydrogen-bond acceptors (Lipinski definition) is 3. The highest BCUT2D eigenvalue weighted by atomic mass is 79.9. The van der Waals surface area contributed by atoms with E-state index in [0.29, 0.717) is 10.9 Å². The van der Waals surface area contributed by atoms with Crippen LogP contribution in [0.4, 0.5) is 0 Å². The largest absolute Gasteiger partial charge is 0.463 e. The fraction of sp³-hybridized carbons (Fsp3) is 0.385. The fourth-order valence-electron chi connectivity index (χ4n) is 1.36. The Hall–Kier alpha value is -1.16. The van der Waals surface area contributed by atoms with Gasteiger partial charge in [-0.1, -0.05) is 40.2 Å². The Morgan fingerprint density at radius 2 is 1.82 bits per heavy atom. The normalized spacial score (nSPS) is 10.4. The van der Waals surface area contributed by atoms with Crippen molar-refractivity contribution in [2.45, 2.75) is 26.4 Å². The third-order valence-electron chi connectivity index (χ3n) is 2.11. The quantitative estimate of drug-likeness (QED) is 0.477. The summed E-state index contributed by atoms with van der Waals surface area (Å²) in [6, 6.07) is 7.00. The van der Waals surface area contributed by atoms with Gasteiger partial charge in [-0.15, -0.1) is 0 Å². The van der Waals surface area contributed by atoms with E-state index in [2.05, 4.69) is 15.9 Å². The van der Waals surface area contributed by atoms with Gasteiger partial charge < -0.3 is 4.74 Å². The van der Waals surface area contributed by atoms with Gasteiger partial charge in [0.25, 0.3) is 0 Å². The lowest BCUT2D eigenvalue weighted by atomic mass is 10.1. The first-order chi connectivity index (χ1) is 8.02. The molecule has 0 fully saturated rings. The zero-order chi connectivity index (χ0) is 12.8. The van der Waals surface area contributed by atoms with Gasteiger partial charge in [0.15, 0.2) is 5.78 Å². The van der Waals surface area contributed by atoms with E-state index < -0.39 is 0 Å². The number of benzene rings is 1. The molecule has 0 radical (unpaired) electrons. The number of ketones is 1. The minimum atomic E-state index is -0.250. The summed E-state index contributed by atoms with van der Waals surface area (Å²) in [4.78, 5) is 22.8. The predicted molar refractivity (Wildman–Crippen MR) is 69.5 cm³/mol. The van der Waals surface area contributed by atoms with Crippen molar-refractivity contribution in [3.8, 4) is 0 Å². The van der Waals surface area contributed by atoms with Crippen molar-refractivity contribution in [1.82, 2.24) is 0 Å². The van der Waals surface area contributed by atoms with Crippen LogP contribution in [0.1, 0.15) is 29.8 Å². The van der Waals surface area contributed by atoms with Gasteiger partial charge in [-0.3, -0.25) is 9.59 Å². The summed E-state index contributed by atoms with van der Waals surface area (Å²) < 4.78 is 5.04.